The number of hydrogen-bond donors (Lipinski definition) is 2. The van der Waals surface area contributed by atoms with Gasteiger partial charge in [-0.15, -0.1) is 0 Å². The molecular formula is C25H23Cl2N5O5S. The van der Waals surface area contributed by atoms with Crippen molar-refractivity contribution >= 4 is 55.7 Å². The molecule has 0 saturated heterocycles. The van der Waals surface area contributed by atoms with Gasteiger partial charge in [-0.05, 0) is 35.9 Å². The van der Waals surface area contributed by atoms with Crippen LogP contribution < -0.4 is 20.3 Å². The molecule has 2 aromatic carbocycles. The van der Waals surface area contributed by atoms with Crippen LogP contribution >= 0.6 is 23.2 Å². The van der Waals surface area contributed by atoms with E-state index in [9.17, 15) is 18.0 Å². The number of sulfonamides is 1. The van der Waals surface area contributed by atoms with Crippen LogP contribution in [0.25, 0.3) is 22.0 Å². The van der Waals surface area contributed by atoms with Crippen LogP contribution in [0.1, 0.15) is 6.92 Å². The topological polar surface area (TPSA) is 132 Å². The Morgan fingerprint density at radius 3 is 2.47 bits per heavy atom. The van der Waals surface area contributed by atoms with E-state index in [1.165, 1.54) is 55.5 Å². The fourth-order valence-corrected chi connectivity index (χ4v) is 6.07. The Morgan fingerprint density at radius 1 is 1.11 bits per heavy atom. The summed E-state index contributed by atoms with van der Waals surface area (Å²) in [5.74, 6) is -0.607. The third-order valence-corrected chi connectivity index (χ3v) is 8.12. The number of ether oxygens (including phenoxy) is 1. The first-order valence-electron chi connectivity index (χ1n) is 11.3. The average Bonchev–Trinajstić information content (AvgIpc) is 2.89. The number of aromatic nitrogens is 3. The van der Waals surface area contributed by atoms with E-state index in [1.807, 2.05) is 0 Å². The van der Waals surface area contributed by atoms with Crippen molar-refractivity contribution in [2.24, 2.45) is 5.92 Å². The van der Waals surface area contributed by atoms with Crippen molar-refractivity contribution in [3.05, 3.63) is 75.4 Å². The minimum Gasteiger partial charge on any atom is -0.480 e. The standard InChI is InChI=1S/C25H23Cl2N5O5S/c1-14(23(33)28-2)12-32-13-30-20-8-7-15(9-17(20)25(32)34)16-10-21(24(37-3)29-11-16)31-38(35,36)22-18(26)5-4-6-19(22)27/h4-11,13-14,31H,12H2,1-3H3,(H,28,33)/t14-/m1/s1. The number of nitrogens with zero attached hydrogens (tertiary/aromatic N) is 3. The van der Waals surface area contributed by atoms with Crippen LogP contribution in [-0.2, 0) is 21.4 Å². The molecule has 0 bridgehead atoms. The molecule has 0 unspecified atom stereocenters. The van der Waals surface area contributed by atoms with Crippen molar-refractivity contribution in [1.82, 2.24) is 19.9 Å². The summed E-state index contributed by atoms with van der Waals surface area (Å²) in [6.07, 6.45) is 2.90. The molecule has 0 saturated carbocycles. The molecule has 0 fully saturated rings. The van der Waals surface area contributed by atoms with E-state index in [2.05, 4.69) is 20.0 Å². The summed E-state index contributed by atoms with van der Waals surface area (Å²) < 4.78 is 35.3. The summed E-state index contributed by atoms with van der Waals surface area (Å²) >= 11 is 12.2. The van der Waals surface area contributed by atoms with Gasteiger partial charge in [0.15, 0.2) is 0 Å². The first-order valence-corrected chi connectivity index (χ1v) is 13.5. The lowest BCUT2D eigenvalue weighted by Crippen LogP contribution is -2.32. The maximum atomic E-state index is 13.2. The van der Waals surface area contributed by atoms with E-state index in [0.717, 1.165) is 0 Å². The summed E-state index contributed by atoms with van der Waals surface area (Å²) in [5, 5.41) is 2.80. The third-order valence-electron chi connectivity index (χ3n) is 5.80. The van der Waals surface area contributed by atoms with E-state index >= 15 is 0 Å². The zero-order chi connectivity index (χ0) is 27.6. The van der Waals surface area contributed by atoms with Crippen molar-refractivity contribution in [3.63, 3.8) is 0 Å². The zero-order valence-corrected chi connectivity index (χ0v) is 22.9. The predicted octanol–water partition coefficient (Wildman–Crippen LogP) is 3.96. The molecule has 4 aromatic rings. The Balaban J connectivity index is 1.75. The summed E-state index contributed by atoms with van der Waals surface area (Å²) in [7, 11) is -1.32. The van der Waals surface area contributed by atoms with Gasteiger partial charge < -0.3 is 10.1 Å². The van der Waals surface area contributed by atoms with Crippen LogP contribution in [-0.4, -0.2) is 43.0 Å². The largest absolute Gasteiger partial charge is 0.480 e. The maximum absolute atomic E-state index is 13.2. The molecule has 1 amide bonds. The minimum absolute atomic E-state index is 0.0218. The molecule has 198 valence electrons. The van der Waals surface area contributed by atoms with Gasteiger partial charge in [0.25, 0.3) is 15.6 Å². The second kappa shape index (κ2) is 11.0. The maximum Gasteiger partial charge on any atom is 0.265 e. The van der Waals surface area contributed by atoms with Gasteiger partial charge in [0.1, 0.15) is 10.6 Å². The van der Waals surface area contributed by atoms with Crippen molar-refractivity contribution in [3.8, 4) is 17.0 Å². The molecule has 2 aromatic heterocycles. The van der Waals surface area contributed by atoms with Crippen molar-refractivity contribution in [1.29, 1.82) is 0 Å². The lowest BCUT2D eigenvalue weighted by atomic mass is 10.0. The number of rotatable bonds is 8. The monoisotopic (exact) mass is 575 g/mol. The van der Waals surface area contributed by atoms with Gasteiger partial charge in [0.2, 0.25) is 11.8 Å². The zero-order valence-electron chi connectivity index (χ0n) is 20.5. The molecular weight excluding hydrogens is 553 g/mol. The number of pyridine rings is 1. The molecule has 4 rings (SSSR count). The predicted molar refractivity (Wildman–Crippen MR) is 146 cm³/mol. The van der Waals surface area contributed by atoms with Gasteiger partial charge in [-0.25, -0.2) is 18.4 Å². The minimum atomic E-state index is -4.20. The Hall–Kier alpha value is -3.67. The van der Waals surface area contributed by atoms with Gasteiger partial charge >= 0.3 is 0 Å². The lowest BCUT2D eigenvalue weighted by Gasteiger charge is -2.15. The summed E-state index contributed by atoms with van der Waals surface area (Å²) in [6, 6.07) is 10.9. The average molecular weight is 576 g/mol. The van der Waals surface area contributed by atoms with Crippen LogP contribution in [0.3, 0.4) is 0 Å². The normalized spacial score (nSPS) is 12.2. The number of nitrogens with one attached hydrogen (secondary N) is 2. The molecule has 1 atom stereocenters. The lowest BCUT2D eigenvalue weighted by molar-refractivity contribution is -0.124. The third kappa shape index (κ3) is 5.45. The molecule has 13 heteroatoms. The Bertz CT molecular complexity index is 1690. The molecule has 0 spiro atoms. The summed E-state index contributed by atoms with van der Waals surface area (Å²) in [5.41, 5.74) is 1.29. The highest BCUT2D eigenvalue weighted by molar-refractivity contribution is 7.93. The van der Waals surface area contributed by atoms with Gasteiger partial charge in [0.05, 0.1) is 40.3 Å². The highest BCUT2D eigenvalue weighted by Crippen LogP contribution is 2.34. The molecule has 10 nitrogen and oxygen atoms in total. The Morgan fingerprint density at radius 2 is 1.82 bits per heavy atom. The van der Waals surface area contributed by atoms with Gasteiger partial charge in [-0.3, -0.25) is 18.9 Å². The first kappa shape index (κ1) is 27.4. The van der Waals surface area contributed by atoms with E-state index in [4.69, 9.17) is 27.9 Å². The summed E-state index contributed by atoms with van der Waals surface area (Å²) in [6.45, 7) is 1.87. The molecule has 38 heavy (non-hydrogen) atoms. The number of carbonyl (C=O) groups excluding carboxylic acids is 1. The number of halogens is 2. The first-order chi connectivity index (χ1) is 18.1. The molecule has 2 heterocycles. The van der Waals surface area contributed by atoms with E-state index in [1.54, 1.807) is 25.1 Å². The van der Waals surface area contributed by atoms with E-state index in [-0.39, 0.29) is 44.5 Å². The van der Waals surface area contributed by atoms with Crippen molar-refractivity contribution < 1.29 is 17.9 Å². The fraction of sp³-hybridized carbons (Fsp3) is 0.200. The van der Waals surface area contributed by atoms with Crippen LogP contribution in [0.5, 0.6) is 5.88 Å². The molecule has 2 N–H and O–H groups in total. The van der Waals surface area contributed by atoms with Gasteiger partial charge in [-0.2, -0.15) is 0 Å². The van der Waals surface area contributed by atoms with Gasteiger partial charge in [0, 0.05) is 25.4 Å². The van der Waals surface area contributed by atoms with Gasteiger partial charge in [-0.1, -0.05) is 42.3 Å². The number of benzene rings is 2. The smallest absolute Gasteiger partial charge is 0.265 e. The highest BCUT2D eigenvalue weighted by atomic mass is 35.5. The quantitative estimate of drug-likeness (QED) is 0.325. The second-order valence-electron chi connectivity index (χ2n) is 8.39. The van der Waals surface area contributed by atoms with Crippen LogP contribution in [0.15, 0.2) is 64.7 Å². The number of carbonyl (C=O) groups is 1. The SMILES string of the molecule is CNC(=O)[C@H](C)Cn1cnc2ccc(-c3cnc(OC)c(NS(=O)(=O)c4c(Cl)cccc4Cl)c3)cc2c1=O. The number of hydrogen-bond acceptors (Lipinski definition) is 7. The number of anilines is 1. The van der Waals surface area contributed by atoms with Crippen molar-refractivity contribution in [2.45, 2.75) is 18.4 Å². The molecule has 0 radical (unpaired) electrons. The fourth-order valence-electron chi connectivity index (χ4n) is 3.87. The second-order valence-corrected chi connectivity index (χ2v) is 10.8. The van der Waals surface area contributed by atoms with Crippen LogP contribution in [0, 0.1) is 5.92 Å². The Kier molecular flexibility index (Phi) is 7.91. The molecule has 0 aliphatic carbocycles. The number of fused-ring (bicyclic) bond motifs is 1. The molecule has 0 aliphatic heterocycles. The van der Waals surface area contributed by atoms with Crippen LogP contribution in [0.4, 0.5) is 5.69 Å². The summed E-state index contributed by atoms with van der Waals surface area (Å²) in [4.78, 5) is 33.4. The van der Waals surface area contributed by atoms with Crippen LogP contribution in [0.2, 0.25) is 10.0 Å². The number of amides is 1. The Labute approximate surface area is 228 Å². The van der Waals surface area contributed by atoms with E-state index < -0.39 is 15.9 Å². The highest BCUT2D eigenvalue weighted by Gasteiger charge is 2.24. The molecule has 0 aliphatic rings. The van der Waals surface area contributed by atoms with E-state index in [0.29, 0.717) is 22.0 Å². The number of methoxy groups -OCH3 is 1. The van der Waals surface area contributed by atoms with Crippen molar-refractivity contribution in [2.75, 3.05) is 18.9 Å².